The van der Waals surface area contributed by atoms with E-state index < -0.39 is 0 Å². The first-order chi connectivity index (χ1) is 5.05. The van der Waals surface area contributed by atoms with E-state index in [0.29, 0.717) is 6.10 Å². The lowest BCUT2D eigenvalue weighted by atomic mass is 10.1. The van der Waals surface area contributed by atoms with Gasteiger partial charge >= 0.3 is 0 Å². The van der Waals surface area contributed by atoms with Crippen molar-refractivity contribution in [3.8, 4) is 0 Å². The highest BCUT2D eigenvalue weighted by molar-refractivity contribution is 4.81. The lowest BCUT2D eigenvalue weighted by molar-refractivity contribution is -0.0739. The molecule has 11 heavy (non-hydrogen) atoms. The first-order valence-corrected chi connectivity index (χ1v) is 4.73. The summed E-state index contributed by atoms with van der Waals surface area (Å²) in [6.45, 7) is 8.73. The van der Waals surface area contributed by atoms with Gasteiger partial charge in [-0.25, -0.2) is 0 Å². The fraction of sp³-hybridized carbons (Fsp3) is 1.00. The average Bonchev–Trinajstić information content (AvgIpc) is 2.67. The van der Waals surface area contributed by atoms with Crippen LogP contribution in [0.25, 0.3) is 0 Å². The molecule has 66 valence electrons. The Morgan fingerprint density at radius 2 is 2.00 bits per heavy atom. The molecule has 0 bridgehead atoms. The highest BCUT2D eigenvalue weighted by atomic mass is 16.5. The SMILES string of the molecule is CCC(C)(C)OC(C)C1CC1. The van der Waals surface area contributed by atoms with Gasteiger partial charge in [-0.15, -0.1) is 0 Å². The molecule has 0 aromatic carbocycles. The fourth-order valence-corrected chi connectivity index (χ4v) is 1.25. The van der Waals surface area contributed by atoms with E-state index >= 15 is 0 Å². The van der Waals surface area contributed by atoms with Crippen LogP contribution >= 0.6 is 0 Å². The molecule has 1 unspecified atom stereocenters. The molecule has 0 aromatic rings. The second kappa shape index (κ2) is 3.14. The fourth-order valence-electron chi connectivity index (χ4n) is 1.25. The Hall–Kier alpha value is -0.0400. The van der Waals surface area contributed by atoms with E-state index in [1.165, 1.54) is 12.8 Å². The molecule has 0 aromatic heterocycles. The number of ether oxygens (including phenoxy) is 1. The topological polar surface area (TPSA) is 9.23 Å². The van der Waals surface area contributed by atoms with Crippen LogP contribution in [0.4, 0.5) is 0 Å². The molecule has 1 fully saturated rings. The van der Waals surface area contributed by atoms with Crippen LogP contribution in [-0.4, -0.2) is 11.7 Å². The van der Waals surface area contributed by atoms with Crippen molar-refractivity contribution in [3.63, 3.8) is 0 Å². The first-order valence-electron chi connectivity index (χ1n) is 4.73. The summed E-state index contributed by atoms with van der Waals surface area (Å²) in [5.74, 6) is 0.862. The molecule has 0 saturated heterocycles. The van der Waals surface area contributed by atoms with Crippen LogP contribution in [0.1, 0.15) is 47.0 Å². The third-order valence-corrected chi connectivity index (χ3v) is 2.64. The van der Waals surface area contributed by atoms with Gasteiger partial charge in [0, 0.05) is 0 Å². The summed E-state index contributed by atoms with van der Waals surface area (Å²) < 4.78 is 5.91. The zero-order valence-corrected chi connectivity index (χ0v) is 8.18. The van der Waals surface area contributed by atoms with Crippen molar-refractivity contribution < 1.29 is 4.74 Å². The van der Waals surface area contributed by atoms with Crippen molar-refractivity contribution in [1.82, 2.24) is 0 Å². The molecule has 0 spiro atoms. The van der Waals surface area contributed by atoms with Crippen molar-refractivity contribution in [2.45, 2.75) is 58.7 Å². The zero-order chi connectivity index (χ0) is 8.48. The monoisotopic (exact) mass is 156 g/mol. The molecule has 1 atom stereocenters. The summed E-state index contributed by atoms with van der Waals surface area (Å²) in [5, 5.41) is 0. The van der Waals surface area contributed by atoms with Crippen LogP contribution in [0.15, 0.2) is 0 Å². The molecule has 0 radical (unpaired) electrons. The van der Waals surface area contributed by atoms with Gasteiger partial charge in [0.15, 0.2) is 0 Å². The smallest absolute Gasteiger partial charge is 0.0627 e. The molecule has 0 aliphatic heterocycles. The van der Waals surface area contributed by atoms with Crippen LogP contribution in [0.5, 0.6) is 0 Å². The molecule has 0 amide bonds. The Morgan fingerprint density at radius 1 is 1.45 bits per heavy atom. The number of hydrogen-bond acceptors (Lipinski definition) is 1. The third-order valence-electron chi connectivity index (χ3n) is 2.64. The van der Waals surface area contributed by atoms with Gasteiger partial charge in [-0.2, -0.15) is 0 Å². The third kappa shape index (κ3) is 2.82. The minimum atomic E-state index is 0.0853. The Kier molecular flexibility index (Phi) is 2.58. The van der Waals surface area contributed by atoms with Gasteiger partial charge in [0.25, 0.3) is 0 Å². The van der Waals surface area contributed by atoms with Gasteiger partial charge in [0.05, 0.1) is 11.7 Å². The second-order valence-electron chi connectivity index (χ2n) is 4.27. The van der Waals surface area contributed by atoms with Crippen LogP contribution < -0.4 is 0 Å². The second-order valence-corrected chi connectivity index (χ2v) is 4.27. The molecule has 1 aliphatic rings. The van der Waals surface area contributed by atoms with E-state index in [1.54, 1.807) is 0 Å². The Balaban J connectivity index is 2.27. The maximum Gasteiger partial charge on any atom is 0.0627 e. The lowest BCUT2D eigenvalue weighted by Crippen LogP contribution is -2.29. The van der Waals surface area contributed by atoms with E-state index in [0.717, 1.165) is 12.3 Å². The van der Waals surface area contributed by atoms with E-state index in [1.807, 2.05) is 0 Å². The Morgan fingerprint density at radius 3 is 2.36 bits per heavy atom. The molecule has 1 nitrogen and oxygen atoms in total. The Bertz CT molecular complexity index is 125. The number of rotatable bonds is 4. The van der Waals surface area contributed by atoms with Crippen LogP contribution in [0, 0.1) is 5.92 Å². The predicted octanol–water partition coefficient (Wildman–Crippen LogP) is 2.99. The molecular formula is C10H20O. The maximum absolute atomic E-state index is 5.91. The van der Waals surface area contributed by atoms with E-state index in [9.17, 15) is 0 Å². The summed E-state index contributed by atoms with van der Waals surface area (Å²) in [6.07, 6.45) is 4.33. The summed E-state index contributed by atoms with van der Waals surface area (Å²) in [7, 11) is 0. The van der Waals surface area contributed by atoms with Crippen LogP contribution in [0.3, 0.4) is 0 Å². The molecule has 1 heteroatoms. The predicted molar refractivity (Wildman–Crippen MR) is 47.6 cm³/mol. The highest BCUT2D eigenvalue weighted by Crippen LogP contribution is 2.36. The average molecular weight is 156 g/mol. The van der Waals surface area contributed by atoms with Gasteiger partial charge in [-0.05, 0) is 46.0 Å². The molecule has 1 rings (SSSR count). The minimum Gasteiger partial charge on any atom is -0.372 e. The summed E-state index contributed by atoms with van der Waals surface area (Å²) in [4.78, 5) is 0. The van der Waals surface area contributed by atoms with Gasteiger partial charge in [-0.3, -0.25) is 0 Å². The van der Waals surface area contributed by atoms with E-state index in [-0.39, 0.29) is 5.60 Å². The number of hydrogen-bond donors (Lipinski definition) is 0. The largest absolute Gasteiger partial charge is 0.372 e. The molecule has 1 saturated carbocycles. The normalized spacial score (nSPS) is 21.8. The standard InChI is InChI=1S/C10H20O/c1-5-10(3,4)11-8(2)9-6-7-9/h8-9H,5-7H2,1-4H3. The van der Waals surface area contributed by atoms with Crippen LogP contribution in [0.2, 0.25) is 0 Å². The van der Waals surface area contributed by atoms with E-state index in [2.05, 4.69) is 27.7 Å². The summed E-state index contributed by atoms with van der Waals surface area (Å²) in [6, 6.07) is 0. The quantitative estimate of drug-likeness (QED) is 0.608. The van der Waals surface area contributed by atoms with Crippen molar-refractivity contribution >= 4 is 0 Å². The van der Waals surface area contributed by atoms with Crippen molar-refractivity contribution in [2.24, 2.45) is 5.92 Å². The first kappa shape index (κ1) is 9.05. The van der Waals surface area contributed by atoms with Crippen molar-refractivity contribution in [3.05, 3.63) is 0 Å². The van der Waals surface area contributed by atoms with Gasteiger partial charge in [-0.1, -0.05) is 6.92 Å². The molecular weight excluding hydrogens is 136 g/mol. The molecule has 1 aliphatic carbocycles. The molecule has 0 heterocycles. The zero-order valence-electron chi connectivity index (χ0n) is 8.18. The Labute approximate surface area is 70.1 Å². The van der Waals surface area contributed by atoms with Crippen LogP contribution in [-0.2, 0) is 4.74 Å². The van der Waals surface area contributed by atoms with Crippen molar-refractivity contribution in [2.75, 3.05) is 0 Å². The molecule has 0 N–H and O–H groups in total. The van der Waals surface area contributed by atoms with Gasteiger partial charge in [0.1, 0.15) is 0 Å². The van der Waals surface area contributed by atoms with Gasteiger partial charge < -0.3 is 4.74 Å². The minimum absolute atomic E-state index is 0.0853. The van der Waals surface area contributed by atoms with Crippen molar-refractivity contribution in [1.29, 1.82) is 0 Å². The van der Waals surface area contributed by atoms with E-state index in [4.69, 9.17) is 4.74 Å². The highest BCUT2D eigenvalue weighted by Gasteiger charge is 2.32. The summed E-state index contributed by atoms with van der Waals surface area (Å²) in [5.41, 5.74) is 0.0853. The summed E-state index contributed by atoms with van der Waals surface area (Å²) >= 11 is 0. The maximum atomic E-state index is 5.91. The van der Waals surface area contributed by atoms with Gasteiger partial charge in [0.2, 0.25) is 0 Å². The lowest BCUT2D eigenvalue weighted by Gasteiger charge is -2.28.